The van der Waals surface area contributed by atoms with Gasteiger partial charge in [0.1, 0.15) is 0 Å². The van der Waals surface area contributed by atoms with Gasteiger partial charge in [0.25, 0.3) is 0 Å². The van der Waals surface area contributed by atoms with Crippen molar-refractivity contribution in [3.63, 3.8) is 0 Å². The first kappa shape index (κ1) is 124. The van der Waals surface area contributed by atoms with Crippen molar-refractivity contribution in [2.75, 3.05) is 0 Å². The Morgan fingerprint density at radius 2 is 0.727 bits per heavy atom. The van der Waals surface area contributed by atoms with E-state index in [-0.39, 0.29) is 62.4 Å². The van der Waals surface area contributed by atoms with Crippen molar-refractivity contribution in [3.8, 4) is 0 Å². The van der Waals surface area contributed by atoms with Crippen LogP contribution in [0.15, 0.2) is 0 Å². The molecule has 0 radical (unpaired) electrons. The average molecular weight is 193 g/mol. The molecule has 0 aromatic rings. The molecule has 0 amide bonds. The molecule has 0 aliphatic rings. The first-order valence-corrected chi connectivity index (χ1v) is 0.548. The third-order valence-electron chi connectivity index (χ3n) is 0. The molecule has 0 aliphatic carbocycles. The van der Waals surface area contributed by atoms with Crippen LogP contribution in [0.1, 0.15) is 0 Å². The molecule has 0 unspecified atom stereocenters. The maximum absolute atomic E-state index is 8.25. The molecule has 0 bridgehead atoms. The van der Waals surface area contributed by atoms with Gasteiger partial charge in [-0.05, 0) is 0 Å². The largest absolute Gasteiger partial charge is 1.00 e. The smallest absolute Gasteiger partial charge is 0.412 e. The quantitative estimate of drug-likeness (QED) is 0.206. The van der Waals surface area contributed by atoms with Gasteiger partial charge < -0.3 is 48.2 Å². The normalized spacial score (nSPS) is 2.18. The molecular weight excluding hydrogens is 181 g/mol. The SMILES string of the molecule is O.O.O.O.O.O.O=[N+]([O-])[O-].[Na+]. The Labute approximate surface area is 83.1 Å². The van der Waals surface area contributed by atoms with E-state index in [1.807, 2.05) is 0 Å². The summed E-state index contributed by atoms with van der Waals surface area (Å²) < 4.78 is 0. The molecule has 12 N–H and O–H groups in total. The predicted molar refractivity (Wildman–Crippen MR) is 32.0 cm³/mol. The van der Waals surface area contributed by atoms with E-state index in [1.54, 1.807) is 0 Å². The number of hydrogen-bond acceptors (Lipinski definition) is 3. The van der Waals surface area contributed by atoms with E-state index in [9.17, 15) is 0 Å². The molecule has 0 aliphatic heterocycles. The summed E-state index contributed by atoms with van der Waals surface area (Å²) >= 11 is 0. The van der Waals surface area contributed by atoms with Crippen molar-refractivity contribution >= 4 is 0 Å². The van der Waals surface area contributed by atoms with Crippen LogP contribution >= 0.6 is 0 Å². The molecule has 0 spiro atoms. The second-order valence-electron chi connectivity index (χ2n) is 0.224. The molecule has 72 valence electrons. The summed E-state index contributed by atoms with van der Waals surface area (Å²) in [5.41, 5.74) is 0. The fourth-order valence-corrected chi connectivity index (χ4v) is 0. The molecule has 0 saturated carbocycles. The second-order valence-corrected chi connectivity index (χ2v) is 0.224. The van der Waals surface area contributed by atoms with E-state index >= 15 is 0 Å². The summed E-state index contributed by atoms with van der Waals surface area (Å²) in [6.07, 6.45) is 0. The van der Waals surface area contributed by atoms with E-state index < -0.39 is 5.09 Å². The van der Waals surface area contributed by atoms with Crippen LogP contribution in [0.2, 0.25) is 0 Å². The maximum atomic E-state index is 8.25. The van der Waals surface area contributed by atoms with E-state index in [1.165, 1.54) is 0 Å². The average Bonchev–Trinajstić information content (AvgIpc) is 0.811. The zero-order valence-corrected chi connectivity index (χ0v) is 7.67. The van der Waals surface area contributed by atoms with Crippen molar-refractivity contribution in [3.05, 3.63) is 15.3 Å². The van der Waals surface area contributed by atoms with Gasteiger partial charge in [-0.2, -0.15) is 0 Å². The Morgan fingerprint density at radius 1 is 0.727 bits per heavy atom. The van der Waals surface area contributed by atoms with Gasteiger partial charge in [-0.15, -0.1) is 0 Å². The van der Waals surface area contributed by atoms with Crippen LogP contribution in [0.3, 0.4) is 0 Å². The van der Waals surface area contributed by atoms with Crippen molar-refractivity contribution in [2.45, 2.75) is 0 Å². The molecule has 0 saturated heterocycles. The number of hydrogen-bond donors (Lipinski definition) is 0. The van der Waals surface area contributed by atoms with Gasteiger partial charge >= 0.3 is 29.6 Å². The van der Waals surface area contributed by atoms with Crippen LogP contribution in [0.4, 0.5) is 0 Å². The Kier molecular flexibility index (Phi) is 1030. The molecule has 10 nitrogen and oxygen atoms in total. The Balaban J connectivity index is -0.00000000214. The van der Waals surface area contributed by atoms with Crippen LogP contribution < -0.4 is 29.6 Å². The van der Waals surface area contributed by atoms with E-state index in [2.05, 4.69) is 0 Å². The van der Waals surface area contributed by atoms with Gasteiger partial charge in [-0.1, -0.05) is 0 Å². The van der Waals surface area contributed by atoms with Gasteiger partial charge in [0.2, 0.25) is 0 Å². The minimum atomic E-state index is -1.75. The van der Waals surface area contributed by atoms with E-state index in [0.717, 1.165) is 0 Å². The van der Waals surface area contributed by atoms with Crippen molar-refractivity contribution in [1.82, 2.24) is 0 Å². The molecular formula is H12NNaO9. The van der Waals surface area contributed by atoms with Crippen molar-refractivity contribution < 1.29 is 67.5 Å². The zero-order valence-electron chi connectivity index (χ0n) is 5.67. The summed E-state index contributed by atoms with van der Waals surface area (Å²) in [6.45, 7) is 0. The summed E-state index contributed by atoms with van der Waals surface area (Å²) in [6, 6.07) is 0. The van der Waals surface area contributed by atoms with Crippen LogP contribution in [0.25, 0.3) is 0 Å². The zero-order chi connectivity index (χ0) is 3.58. The Morgan fingerprint density at radius 3 is 0.727 bits per heavy atom. The minimum absolute atomic E-state index is 0. The van der Waals surface area contributed by atoms with Gasteiger partial charge in [-0.25, -0.2) is 0 Å². The van der Waals surface area contributed by atoms with Gasteiger partial charge in [-0.3, -0.25) is 0 Å². The third-order valence-corrected chi connectivity index (χ3v) is 0. The molecule has 11 heavy (non-hydrogen) atoms. The fourth-order valence-electron chi connectivity index (χ4n) is 0. The summed E-state index contributed by atoms with van der Waals surface area (Å²) in [5.74, 6) is 0. The topological polar surface area (TPSA) is 255 Å². The molecule has 0 aromatic carbocycles. The van der Waals surface area contributed by atoms with Crippen molar-refractivity contribution in [2.24, 2.45) is 0 Å². The summed E-state index contributed by atoms with van der Waals surface area (Å²) in [5, 5.41) is 14.8. The standard InChI is InChI=1S/NO3.Na.6H2O/c2-1(3)4;;;;;;;/h;;6*1H2/q-1;+1;;;;;;. The predicted octanol–water partition coefficient (Wildman–Crippen LogP) is -8.18. The number of rotatable bonds is 0. The van der Waals surface area contributed by atoms with Crippen LogP contribution in [0, 0.1) is 15.3 Å². The van der Waals surface area contributed by atoms with E-state index in [4.69, 9.17) is 15.3 Å². The van der Waals surface area contributed by atoms with Gasteiger partial charge in [0.05, 0.1) is 5.09 Å². The third kappa shape index (κ3) is 394000. The molecule has 0 aromatic heterocycles. The Hall–Kier alpha value is -0.0400. The first-order valence-electron chi connectivity index (χ1n) is 0.548. The fraction of sp³-hybridized carbons (Fsp3) is 0. The van der Waals surface area contributed by atoms with E-state index in [0.29, 0.717) is 0 Å². The second kappa shape index (κ2) is 91.3. The van der Waals surface area contributed by atoms with Crippen LogP contribution in [0.5, 0.6) is 0 Å². The Bertz CT molecular complexity index is 32.5. The molecule has 0 heterocycles. The van der Waals surface area contributed by atoms with Gasteiger partial charge in [0, 0.05) is 0 Å². The van der Waals surface area contributed by atoms with Crippen LogP contribution in [-0.2, 0) is 0 Å². The maximum Gasteiger partial charge on any atom is 1.00 e. The van der Waals surface area contributed by atoms with Gasteiger partial charge in [0.15, 0.2) is 0 Å². The summed E-state index contributed by atoms with van der Waals surface area (Å²) in [4.78, 5) is 8.25. The molecule has 11 heteroatoms. The van der Waals surface area contributed by atoms with Crippen molar-refractivity contribution in [1.29, 1.82) is 0 Å². The molecule has 0 rings (SSSR count). The van der Waals surface area contributed by atoms with Crippen LogP contribution in [-0.4, -0.2) is 37.9 Å². The molecule has 0 fully saturated rings. The first-order chi connectivity index (χ1) is 1.73. The monoisotopic (exact) mass is 193 g/mol. The minimum Gasteiger partial charge on any atom is -0.412 e. The number of nitrogens with zero attached hydrogens (tertiary/aromatic N) is 1. The summed E-state index contributed by atoms with van der Waals surface area (Å²) in [7, 11) is 0. The molecule has 0 atom stereocenters.